The molecule has 1 aliphatic rings. The number of hydrogen-bond donors (Lipinski definition) is 0. The Labute approximate surface area is 164 Å². The summed E-state index contributed by atoms with van der Waals surface area (Å²) < 4.78 is 2.06. The molecule has 152 valence electrons. The third-order valence-corrected chi connectivity index (χ3v) is 5.44. The van der Waals surface area contributed by atoms with Crippen molar-refractivity contribution >= 4 is 11.8 Å². The second kappa shape index (κ2) is 10.5. The summed E-state index contributed by atoms with van der Waals surface area (Å²) in [7, 11) is 2.01. The first-order chi connectivity index (χ1) is 12.9. The van der Waals surface area contributed by atoms with Crippen molar-refractivity contribution in [2.75, 3.05) is 6.54 Å². The zero-order chi connectivity index (χ0) is 19.8. The van der Waals surface area contributed by atoms with E-state index in [1.54, 1.807) is 4.90 Å². The van der Waals surface area contributed by atoms with Gasteiger partial charge in [0.05, 0.1) is 13.1 Å². The average Bonchev–Trinajstić information content (AvgIpc) is 3.39. The van der Waals surface area contributed by atoms with Crippen LogP contribution in [-0.2, 0) is 23.2 Å². The van der Waals surface area contributed by atoms with Gasteiger partial charge in [0.2, 0.25) is 11.8 Å². The van der Waals surface area contributed by atoms with E-state index in [0.29, 0.717) is 19.0 Å². The zero-order valence-electron chi connectivity index (χ0n) is 17.6. The molecule has 0 unspecified atom stereocenters. The lowest BCUT2D eigenvalue weighted by molar-refractivity contribution is -0.142. The van der Waals surface area contributed by atoms with Gasteiger partial charge in [0.15, 0.2) is 0 Å². The maximum Gasteiger partial charge on any atom is 0.242 e. The minimum Gasteiger partial charge on any atom is -0.353 e. The molecule has 1 saturated carbocycles. The van der Waals surface area contributed by atoms with Crippen molar-refractivity contribution in [3.8, 4) is 0 Å². The van der Waals surface area contributed by atoms with Crippen LogP contribution in [0.1, 0.15) is 77.8 Å². The van der Waals surface area contributed by atoms with Gasteiger partial charge in [-0.2, -0.15) is 0 Å². The van der Waals surface area contributed by atoms with Gasteiger partial charge in [0.1, 0.15) is 0 Å². The van der Waals surface area contributed by atoms with Gasteiger partial charge < -0.3 is 14.4 Å². The van der Waals surface area contributed by atoms with Crippen LogP contribution in [0.2, 0.25) is 0 Å². The number of carbonyl (C=O) groups is 2. The predicted molar refractivity (Wildman–Crippen MR) is 109 cm³/mol. The van der Waals surface area contributed by atoms with Crippen molar-refractivity contribution in [2.45, 2.75) is 90.8 Å². The number of aryl methyl sites for hydroxylation is 1. The summed E-state index contributed by atoms with van der Waals surface area (Å²) in [6.07, 6.45) is 10.4. The van der Waals surface area contributed by atoms with Crippen LogP contribution in [0.4, 0.5) is 0 Å². The molecule has 5 heteroatoms. The Morgan fingerprint density at radius 1 is 1.15 bits per heavy atom. The molecule has 0 saturated heterocycles. The minimum absolute atomic E-state index is 0.0492. The Kier molecular flexibility index (Phi) is 8.39. The van der Waals surface area contributed by atoms with Gasteiger partial charge >= 0.3 is 0 Å². The molecule has 2 rings (SSSR count). The lowest BCUT2D eigenvalue weighted by Gasteiger charge is -2.30. The summed E-state index contributed by atoms with van der Waals surface area (Å²) >= 11 is 0. The summed E-state index contributed by atoms with van der Waals surface area (Å²) in [5.41, 5.74) is 1.13. The molecule has 0 bridgehead atoms. The lowest BCUT2D eigenvalue weighted by atomic mass is 10.1. The fraction of sp³-hybridized carbons (Fsp3) is 0.727. The number of aromatic nitrogens is 1. The summed E-state index contributed by atoms with van der Waals surface area (Å²) in [6.45, 7) is 7.02. The van der Waals surface area contributed by atoms with Crippen LogP contribution in [0.25, 0.3) is 0 Å². The summed E-state index contributed by atoms with van der Waals surface area (Å²) in [6, 6.07) is 4.45. The van der Waals surface area contributed by atoms with E-state index in [4.69, 9.17) is 0 Å². The second-order valence-corrected chi connectivity index (χ2v) is 8.14. The molecule has 0 N–H and O–H groups in total. The molecule has 0 spiro atoms. The molecule has 0 aromatic carbocycles. The third kappa shape index (κ3) is 6.71. The van der Waals surface area contributed by atoms with Gasteiger partial charge in [-0.25, -0.2) is 0 Å². The van der Waals surface area contributed by atoms with Crippen LogP contribution < -0.4 is 0 Å². The van der Waals surface area contributed by atoms with E-state index < -0.39 is 0 Å². The van der Waals surface area contributed by atoms with E-state index in [-0.39, 0.29) is 24.4 Å². The van der Waals surface area contributed by atoms with E-state index >= 15 is 0 Å². The molecule has 1 aromatic heterocycles. The maximum atomic E-state index is 13.0. The maximum absolute atomic E-state index is 13.0. The zero-order valence-corrected chi connectivity index (χ0v) is 17.6. The van der Waals surface area contributed by atoms with E-state index in [9.17, 15) is 9.59 Å². The molecule has 0 radical (unpaired) electrons. The number of hydrogen-bond acceptors (Lipinski definition) is 2. The quantitative estimate of drug-likeness (QED) is 0.516. The van der Waals surface area contributed by atoms with Crippen molar-refractivity contribution in [2.24, 2.45) is 7.05 Å². The molecule has 5 nitrogen and oxygen atoms in total. The first-order valence-corrected chi connectivity index (χ1v) is 10.6. The van der Waals surface area contributed by atoms with Gasteiger partial charge in [0.25, 0.3) is 0 Å². The van der Waals surface area contributed by atoms with E-state index in [0.717, 1.165) is 31.4 Å². The fourth-order valence-electron chi connectivity index (χ4n) is 3.46. The van der Waals surface area contributed by atoms with E-state index in [1.165, 1.54) is 19.3 Å². The molecule has 1 aliphatic carbocycles. The van der Waals surface area contributed by atoms with Crippen LogP contribution in [0.15, 0.2) is 18.3 Å². The largest absolute Gasteiger partial charge is 0.353 e. The lowest BCUT2D eigenvalue weighted by Crippen LogP contribution is -2.46. The first kappa shape index (κ1) is 21.5. The number of carbonyl (C=O) groups excluding carboxylic acids is 2. The van der Waals surface area contributed by atoms with Crippen molar-refractivity contribution in [1.29, 1.82) is 0 Å². The average molecular weight is 376 g/mol. The molecular formula is C22H37N3O2. The standard InChI is InChI=1S/C22H37N3O2/c1-5-6-7-8-9-12-21(26)24(18(2)3)17-22(27)25(19-13-14-19)16-20-11-10-15-23(20)4/h10-11,15,18-19H,5-9,12-14,16-17H2,1-4H3. The van der Waals surface area contributed by atoms with Gasteiger partial charge in [0, 0.05) is 37.4 Å². The highest BCUT2D eigenvalue weighted by Gasteiger charge is 2.34. The summed E-state index contributed by atoms with van der Waals surface area (Å²) in [5, 5.41) is 0. The second-order valence-electron chi connectivity index (χ2n) is 8.14. The van der Waals surface area contributed by atoms with Crippen LogP contribution >= 0.6 is 0 Å². The fourth-order valence-corrected chi connectivity index (χ4v) is 3.46. The van der Waals surface area contributed by atoms with Crippen LogP contribution in [0.5, 0.6) is 0 Å². The molecule has 1 heterocycles. The molecule has 1 fully saturated rings. The van der Waals surface area contributed by atoms with Crippen LogP contribution in [-0.4, -0.2) is 44.8 Å². The Hall–Kier alpha value is -1.78. The highest BCUT2D eigenvalue weighted by atomic mass is 16.2. The van der Waals surface area contributed by atoms with Gasteiger partial charge in [-0.05, 0) is 45.2 Å². The third-order valence-electron chi connectivity index (χ3n) is 5.44. The molecule has 0 aliphatic heterocycles. The number of rotatable bonds is 12. The van der Waals surface area contributed by atoms with E-state index in [1.807, 2.05) is 38.1 Å². The van der Waals surface area contributed by atoms with E-state index in [2.05, 4.69) is 17.6 Å². The Morgan fingerprint density at radius 2 is 1.85 bits per heavy atom. The predicted octanol–water partition coefficient (Wildman–Crippen LogP) is 4.11. The van der Waals surface area contributed by atoms with Crippen molar-refractivity contribution in [3.63, 3.8) is 0 Å². The minimum atomic E-state index is 0.0492. The Morgan fingerprint density at radius 3 is 2.41 bits per heavy atom. The number of nitrogens with zero attached hydrogens (tertiary/aromatic N) is 3. The Bertz CT molecular complexity index is 604. The van der Waals surface area contributed by atoms with Crippen molar-refractivity contribution in [1.82, 2.24) is 14.4 Å². The number of amides is 2. The van der Waals surface area contributed by atoms with Gasteiger partial charge in [-0.3, -0.25) is 9.59 Å². The van der Waals surface area contributed by atoms with Gasteiger partial charge in [-0.1, -0.05) is 32.6 Å². The molecule has 0 atom stereocenters. The summed E-state index contributed by atoms with van der Waals surface area (Å²) in [4.78, 5) is 29.4. The molecule has 2 amide bonds. The van der Waals surface area contributed by atoms with Crippen molar-refractivity contribution < 1.29 is 9.59 Å². The highest BCUT2D eigenvalue weighted by Crippen LogP contribution is 2.28. The Balaban J connectivity index is 1.91. The van der Waals surface area contributed by atoms with Crippen LogP contribution in [0, 0.1) is 0 Å². The number of unbranched alkanes of at least 4 members (excludes halogenated alkanes) is 4. The normalized spacial score (nSPS) is 13.8. The first-order valence-electron chi connectivity index (χ1n) is 10.6. The molecule has 1 aromatic rings. The summed E-state index contributed by atoms with van der Waals surface area (Å²) in [5.74, 6) is 0.191. The van der Waals surface area contributed by atoms with Gasteiger partial charge in [-0.15, -0.1) is 0 Å². The molecular weight excluding hydrogens is 338 g/mol. The van der Waals surface area contributed by atoms with Crippen LogP contribution in [0.3, 0.4) is 0 Å². The SMILES string of the molecule is CCCCCCCC(=O)N(CC(=O)N(Cc1cccn1C)C1CC1)C(C)C. The monoisotopic (exact) mass is 375 g/mol. The molecule has 27 heavy (non-hydrogen) atoms. The smallest absolute Gasteiger partial charge is 0.242 e. The van der Waals surface area contributed by atoms with Crippen molar-refractivity contribution in [3.05, 3.63) is 24.0 Å². The highest BCUT2D eigenvalue weighted by molar-refractivity contribution is 5.85. The topological polar surface area (TPSA) is 45.6 Å².